The summed E-state index contributed by atoms with van der Waals surface area (Å²) in [6.07, 6.45) is 2.13. The van der Waals surface area contributed by atoms with Crippen LogP contribution < -0.4 is 16.2 Å². The van der Waals surface area contributed by atoms with Crippen LogP contribution in [0.5, 0.6) is 0 Å². The van der Waals surface area contributed by atoms with Gasteiger partial charge in [-0.2, -0.15) is 0 Å². The molecule has 1 heteroatoms. The van der Waals surface area contributed by atoms with Crippen molar-refractivity contribution in [3.8, 4) is 0 Å². The Bertz CT molecular complexity index is 455. The third kappa shape index (κ3) is 1.24. The molecule has 1 aliphatic carbocycles. The second-order valence-electron chi connectivity index (χ2n) is 3.80. The van der Waals surface area contributed by atoms with Gasteiger partial charge >= 0.3 is 0 Å². The minimum atomic E-state index is 1.02. The quantitative estimate of drug-likeness (QED) is 0.623. The predicted octanol–water partition coefficient (Wildman–Crippen LogP) is 1.03. The molecule has 68 valence electrons. The summed E-state index contributed by atoms with van der Waals surface area (Å²) >= 11 is 0. The first-order chi connectivity index (χ1) is 6.20. The monoisotopic (exact) mass is 173 g/mol. The summed E-state index contributed by atoms with van der Waals surface area (Å²) < 4.78 is 0. The Balaban J connectivity index is 3.01. The van der Waals surface area contributed by atoms with Crippen molar-refractivity contribution >= 4 is 11.3 Å². The maximum absolute atomic E-state index is 6.01. The zero-order chi connectivity index (χ0) is 9.42. The molecule has 0 heterocycles. The molecule has 1 aromatic carbocycles. The number of rotatable bonds is 0. The van der Waals surface area contributed by atoms with Crippen molar-refractivity contribution in [2.24, 2.45) is 5.73 Å². The third-order valence-electron chi connectivity index (χ3n) is 2.82. The Kier molecular flexibility index (Phi) is 1.87. The number of aryl methyl sites for hydroxylation is 1. The molecule has 1 aromatic rings. The first kappa shape index (κ1) is 8.36. The van der Waals surface area contributed by atoms with E-state index in [1.807, 2.05) is 0 Å². The van der Waals surface area contributed by atoms with Crippen LogP contribution in [0.3, 0.4) is 0 Å². The van der Waals surface area contributed by atoms with Gasteiger partial charge in [0.15, 0.2) is 0 Å². The van der Waals surface area contributed by atoms with E-state index in [1.165, 1.54) is 21.6 Å². The average molecular weight is 173 g/mol. The highest BCUT2D eigenvalue weighted by Gasteiger charge is 2.06. The minimum absolute atomic E-state index is 1.02. The van der Waals surface area contributed by atoms with Gasteiger partial charge in [-0.1, -0.05) is 23.8 Å². The van der Waals surface area contributed by atoms with Gasteiger partial charge in [-0.15, -0.1) is 0 Å². The lowest BCUT2D eigenvalue weighted by molar-refractivity contribution is 1.01. The number of hydrogen-bond acceptors (Lipinski definition) is 1. The van der Waals surface area contributed by atoms with Gasteiger partial charge in [-0.25, -0.2) is 0 Å². The summed E-state index contributed by atoms with van der Waals surface area (Å²) in [6.45, 7) is 4.33. The normalized spacial score (nSPS) is 15.8. The molecule has 1 aliphatic rings. The zero-order valence-corrected chi connectivity index (χ0v) is 8.22. The zero-order valence-electron chi connectivity index (χ0n) is 8.22. The molecular formula is C12H15N. The summed E-state index contributed by atoms with van der Waals surface area (Å²) in [4.78, 5) is 0. The van der Waals surface area contributed by atoms with Crippen LogP contribution in [0.15, 0.2) is 18.2 Å². The van der Waals surface area contributed by atoms with Gasteiger partial charge in [0.05, 0.1) is 0 Å². The lowest BCUT2D eigenvalue weighted by Gasteiger charge is -2.12. The van der Waals surface area contributed by atoms with E-state index in [0.717, 1.165) is 18.5 Å². The molecule has 0 radical (unpaired) electrons. The van der Waals surface area contributed by atoms with Crippen molar-refractivity contribution in [3.05, 3.63) is 34.2 Å². The molecule has 0 fully saturated rings. The van der Waals surface area contributed by atoms with Crippen LogP contribution in [0.25, 0.3) is 11.3 Å². The summed E-state index contributed by atoms with van der Waals surface area (Å²) in [5.41, 5.74) is 9.83. The fourth-order valence-corrected chi connectivity index (χ4v) is 2.03. The Morgan fingerprint density at radius 2 is 1.92 bits per heavy atom. The van der Waals surface area contributed by atoms with Crippen molar-refractivity contribution in [2.45, 2.75) is 26.7 Å². The standard InChI is InChI=1S/C12H15N/c1-8-6-7-11(13)12-9(2)4-3-5-10(8)12/h3-5H,6-7,13H2,1-2H3. The molecule has 2 N–H and O–H groups in total. The van der Waals surface area contributed by atoms with Crippen LogP contribution in [0.4, 0.5) is 0 Å². The first-order valence-corrected chi connectivity index (χ1v) is 4.74. The van der Waals surface area contributed by atoms with Crippen molar-refractivity contribution < 1.29 is 0 Å². The fraction of sp³-hybridized carbons (Fsp3) is 0.333. The Labute approximate surface area is 78.6 Å². The predicted molar refractivity (Wildman–Crippen MR) is 56.3 cm³/mol. The molecule has 0 aliphatic heterocycles. The molecule has 0 saturated heterocycles. The van der Waals surface area contributed by atoms with E-state index in [2.05, 4.69) is 32.0 Å². The minimum Gasteiger partial charge on any atom is -0.402 e. The van der Waals surface area contributed by atoms with E-state index in [0.29, 0.717) is 0 Å². The van der Waals surface area contributed by atoms with Crippen LogP contribution in [-0.2, 0) is 0 Å². The largest absolute Gasteiger partial charge is 0.402 e. The van der Waals surface area contributed by atoms with E-state index in [4.69, 9.17) is 5.73 Å². The van der Waals surface area contributed by atoms with Crippen molar-refractivity contribution in [1.29, 1.82) is 0 Å². The van der Waals surface area contributed by atoms with E-state index in [-0.39, 0.29) is 0 Å². The van der Waals surface area contributed by atoms with Crippen molar-refractivity contribution in [1.82, 2.24) is 0 Å². The SMILES string of the molecule is CC1=c2cccc(C)c2=C(N)CC1. The van der Waals surface area contributed by atoms with Gasteiger partial charge in [0, 0.05) is 10.9 Å². The molecule has 0 aromatic heterocycles. The van der Waals surface area contributed by atoms with Crippen LogP contribution in [0, 0.1) is 6.92 Å². The first-order valence-electron chi connectivity index (χ1n) is 4.74. The Hall–Kier alpha value is -1.24. The molecular weight excluding hydrogens is 158 g/mol. The van der Waals surface area contributed by atoms with Gasteiger partial charge in [-0.3, -0.25) is 0 Å². The van der Waals surface area contributed by atoms with Gasteiger partial charge in [-0.05, 0) is 37.5 Å². The Morgan fingerprint density at radius 1 is 1.15 bits per heavy atom. The molecule has 0 bridgehead atoms. The van der Waals surface area contributed by atoms with E-state index in [9.17, 15) is 0 Å². The molecule has 13 heavy (non-hydrogen) atoms. The van der Waals surface area contributed by atoms with Crippen LogP contribution in [0.1, 0.15) is 25.3 Å². The third-order valence-corrected chi connectivity index (χ3v) is 2.82. The second kappa shape index (κ2) is 2.91. The van der Waals surface area contributed by atoms with Crippen molar-refractivity contribution in [3.63, 3.8) is 0 Å². The van der Waals surface area contributed by atoms with Gasteiger partial charge in [0.25, 0.3) is 0 Å². The van der Waals surface area contributed by atoms with Gasteiger partial charge in [0.1, 0.15) is 0 Å². The van der Waals surface area contributed by atoms with E-state index >= 15 is 0 Å². The lowest BCUT2D eigenvalue weighted by atomic mass is 9.96. The number of benzene rings is 1. The number of fused-ring (bicyclic) bond motifs is 1. The summed E-state index contributed by atoms with van der Waals surface area (Å²) in [7, 11) is 0. The second-order valence-corrected chi connectivity index (χ2v) is 3.80. The van der Waals surface area contributed by atoms with Crippen LogP contribution >= 0.6 is 0 Å². The molecule has 0 atom stereocenters. The van der Waals surface area contributed by atoms with Gasteiger partial charge < -0.3 is 5.73 Å². The molecule has 0 amide bonds. The lowest BCUT2D eigenvalue weighted by Crippen LogP contribution is -2.36. The van der Waals surface area contributed by atoms with Crippen LogP contribution in [-0.4, -0.2) is 0 Å². The molecule has 0 saturated carbocycles. The summed E-state index contributed by atoms with van der Waals surface area (Å²) in [6, 6.07) is 6.41. The average Bonchev–Trinajstić information content (AvgIpc) is 2.12. The Morgan fingerprint density at radius 3 is 2.62 bits per heavy atom. The topological polar surface area (TPSA) is 26.0 Å². The number of nitrogens with two attached hydrogens (primary N) is 1. The number of hydrogen-bond donors (Lipinski definition) is 1. The van der Waals surface area contributed by atoms with E-state index in [1.54, 1.807) is 0 Å². The smallest absolute Gasteiger partial charge is 0.0166 e. The van der Waals surface area contributed by atoms with Crippen molar-refractivity contribution in [2.75, 3.05) is 0 Å². The summed E-state index contributed by atoms with van der Waals surface area (Å²) in [5, 5.41) is 2.63. The highest BCUT2D eigenvalue weighted by Crippen LogP contribution is 2.10. The maximum atomic E-state index is 6.01. The van der Waals surface area contributed by atoms with E-state index < -0.39 is 0 Å². The molecule has 1 nitrogen and oxygen atoms in total. The maximum Gasteiger partial charge on any atom is 0.0166 e. The molecule has 2 rings (SSSR count). The fourth-order valence-electron chi connectivity index (χ4n) is 2.03. The molecule has 0 unspecified atom stereocenters. The highest BCUT2D eigenvalue weighted by molar-refractivity contribution is 5.56. The van der Waals surface area contributed by atoms with Gasteiger partial charge in [0.2, 0.25) is 0 Å². The molecule has 0 spiro atoms. The van der Waals surface area contributed by atoms with Crippen LogP contribution in [0.2, 0.25) is 0 Å². The highest BCUT2D eigenvalue weighted by atomic mass is 14.6. The summed E-state index contributed by atoms with van der Waals surface area (Å²) in [5.74, 6) is 0.